The summed E-state index contributed by atoms with van der Waals surface area (Å²) in [4.78, 5) is 11.0. The molecule has 0 spiro atoms. The van der Waals surface area contributed by atoms with Gasteiger partial charge in [0.15, 0.2) is 0 Å². The minimum Gasteiger partial charge on any atom is -0.303 e. The third kappa shape index (κ3) is 6.96. The molecule has 0 fully saturated rings. The third-order valence-corrected chi connectivity index (χ3v) is 14.4. The molecule has 0 aliphatic heterocycles. The topological polar surface area (TPSA) is 29.1 Å². The lowest BCUT2D eigenvalue weighted by Gasteiger charge is -2.37. The molecular weight excluding hydrogens is 515 g/mol. The molecule has 0 saturated carbocycles. The van der Waals surface area contributed by atoms with Crippen LogP contribution in [-0.4, -0.2) is 14.4 Å². The van der Waals surface area contributed by atoms with Gasteiger partial charge in [0.1, 0.15) is 14.4 Å². The molecule has 0 aromatic heterocycles. The normalized spacial score (nSPS) is 11.8. The summed E-state index contributed by atoms with van der Waals surface area (Å²) < 4.78 is 0. The van der Waals surface area contributed by atoms with Crippen molar-refractivity contribution in [3.8, 4) is 11.5 Å². The van der Waals surface area contributed by atoms with Crippen LogP contribution in [0.1, 0.15) is 68.4 Å². The highest BCUT2D eigenvalue weighted by Gasteiger charge is 2.38. The maximum atomic E-state index is 11.0. The fraction of sp³-hybridized carbons (Fsp3) is 0.289. The maximum Gasteiger partial charge on any atom is 0.143 e. The summed E-state index contributed by atoms with van der Waals surface area (Å²) in [5, 5.41) is 3.98. The number of nitrogens with one attached hydrogen (secondary N) is 1. The molecule has 0 heterocycles. The Morgan fingerprint density at radius 2 is 1.17 bits per heavy atom. The molecule has 0 amide bonds. The lowest BCUT2D eigenvalue weighted by Crippen LogP contribution is -2.44. The summed E-state index contributed by atoms with van der Waals surface area (Å²) in [7, 11) is -1.87. The summed E-state index contributed by atoms with van der Waals surface area (Å²) in [5.41, 5.74) is 10.3. The third-order valence-electron chi connectivity index (χ3n) is 8.54. The van der Waals surface area contributed by atoms with Crippen LogP contribution in [0.3, 0.4) is 0 Å². The highest BCUT2D eigenvalue weighted by molar-refractivity contribution is 6.89. The van der Waals surface area contributed by atoms with Gasteiger partial charge in [0.05, 0.1) is 5.54 Å². The predicted octanol–water partition coefficient (Wildman–Crippen LogP) is 8.91. The number of hydrogen-bond acceptors (Lipinski definition) is 2. The fourth-order valence-corrected chi connectivity index (χ4v) is 10.4. The summed E-state index contributed by atoms with van der Waals surface area (Å²) >= 11 is 0. The summed E-state index contributed by atoms with van der Waals surface area (Å²) in [6, 6.07) is 41.9. The van der Waals surface area contributed by atoms with Crippen LogP contribution >= 0.6 is 0 Å². The SMILES string of the molecule is CC(C)[Si](C#Cc1ccc(CNC(c2ccccc2)(c2ccccc2)c2ccccc2)cc1)(CCCC=O)C(C)C. The van der Waals surface area contributed by atoms with Gasteiger partial charge in [-0.3, -0.25) is 5.32 Å². The predicted molar refractivity (Wildman–Crippen MR) is 175 cm³/mol. The van der Waals surface area contributed by atoms with Crippen molar-refractivity contribution in [2.24, 2.45) is 0 Å². The van der Waals surface area contributed by atoms with Crippen molar-refractivity contribution < 1.29 is 4.79 Å². The van der Waals surface area contributed by atoms with E-state index in [1.807, 2.05) is 0 Å². The van der Waals surface area contributed by atoms with E-state index in [2.05, 4.69) is 160 Å². The van der Waals surface area contributed by atoms with Gasteiger partial charge in [0, 0.05) is 18.5 Å². The number of aldehydes is 1. The number of carbonyl (C=O) groups is 1. The van der Waals surface area contributed by atoms with Gasteiger partial charge in [-0.05, 0) is 57.9 Å². The highest BCUT2D eigenvalue weighted by Crippen LogP contribution is 2.38. The molecule has 0 aliphatic carbocycles. The van der Waals surface area contributed by atoms with E-state index in [9.17, 15) is 4.79 Å². The zero-order valence-corrected chi connectivity index (χ0v) is 25.9. The van der Waals surface area contributed by atoms with Gasteiger partial charge in [0.25, 0.3) is 0 Å². The summed E-state index contributed by atoms with van der Waals surface area (Å²) in [6.45, 7) is 9.96. The first kappa shape index (κ1) is 30.3. The van der Waals surface area contributed by atoms with Gasteiger partial charge >= 0.3 is 0 Å². The minimum absolute atomic E-state index is 0.497. The first-order chi connectivity index (χ1) is 19.9. The lowest BCUT2D eigenvalue weighted by atomic mass is 9.77. The molecule has 210 valence electrons. The Bertz CT molecular complexity index is 1310. The molecule has 0 bridgehead atoms. The molecule has 0 radical (unpaired) electrons. The number of benzene rings is 4. The van der Waals surface area contributed by atoms with Gasteiger partial charge in [0.2, 0.25) is 0 Å². The number of unbranched alkanes of at least 4 members (excludes halogenated alkanes) is 1. The van der Waals surface area contributed by atoms with Gasteiger partial charge < -0.3 is 4.79 Å². The van der Waals surface area contributed by atoms with E-state index in [1.165, 1.54) is 22.3 Å². The molecule has 0 atom stereocenters. The average molecular weight is 558 g/mol. The molecule has 2 nitrogen and oxygen atoms in total. The molecule has 41 heavy (non-hydrogen) atoms. The van der Waals surface area contributed by atoms with Crippen molar-refractivity contribution in [1.29, 1.82) is 0 Å². The van der Waals surface area contributed by atoms with Crippen LogP contribution in [0.15, 0.2) is 115 Å². The van der Waals surface area contributed by atoms with Crippen LogP contribution in [0.25, 0.3) is 0 Å². The zero-order valence-electron chi connectivity index (χ0n) is 24.9. The Morgan fingerprint density at radius 1 is 0.707 bits per heavy atom. The van der Waals surface area contributed by atoms with Crippen LogP contribution in [0, 0.1) is 11.5 Å². The molecular formula is C38H43NOSi. The second kappa shape index (κ2) is 14.3. The average Bonchev–Trinajstić information content (AvgIpc) is 3.01. The summed E-state index contributed by atoms with van der Waals surface area (Å²) in [5.74, 6) is 3.56. The quantitative estimate of drug-likeness (QED) is 0.0619. The first-order valence-electron chi connectivity index (χ1n) is 14.9. The van der Waals surface area contributed by atoms with Crippen LogP contribution in [0.5, 0.6) is 0 Å². The van der Waals surface area contributed by atoms with E-state index in [-0.39, 0.29) is 0 Å². The number of hydrogen-bond donors (Lipinski definition) is 1. The molecule has 3 heteroatoms. The Morgan fingerprint density at radius 3 is 1.59 bits per heavy atom. The largest absolute Gasteiger partial charge is 0.303 e. The smallest absolute Gasteiger partial charge is 0.143 e. The maximum absolute atomic E-state index is 11.0. The van der Waals surface area contributed by atoms with E-state index >= 15 is 0 Å². The van der Waals surface area contributed by atoms with Gasteiger partial charge in [-0.1, -0.05) is 137 Å². The Hall–Kier alpha value is -3.71. The standard InChI is InChI=1S/C38H43NOSi/c1-31(2)41(32(3)4,28-15-14-27-40)29-26-33-22-24-34(25-23-33)30-39-38(35-16-8-5-9-17-35,36-18-10-6-11-19-36)37-20-12-7-13-21-37/h5-13,16-25,27,31-32,39H,14-15,28,30H2,1-4H3. The number of rotatable bonds is 12. The Kier molecular flexibility index (Phi) is 10.5. The molecule has 4 aromatic rings. The van der Waals surface area contributed by atoms with Crippen molar-refractivity contribution >= 4 is 14.4 Å². The fourth-order valence-electron chi connectivity index (χ4n) is 6.07. The molecule has 0 unspecified atom stereocenters. The van der Waals surface area contributed by atoms with Crippen molar-refractivity contribution in [3.63, 3.8) is 0 Å². The van der Waals surface area contributed by atoms with Crippen molar-refractivity contribution in [1.82, 2.24) is 5.32 Å². The molecule has 4 rings (SSSR count). The minimum atomic E-state index is -1.87. The molecule has 0 aliphatic rings. The van der Waals surface area contributed by atoms with E-state index in [0.29, 0.717) is 24.0 Å². The van der Waals surface area contributed by atoms with Gasteiger partial charge in [-0.2, -0.15) is 0 Å². The molecule has 1 N–H and O–H groups in total. The molecule has 0 saturated heterocycles. The van der Waals surface area contributed by atoms with E-state index in [0.717, 1.165) is 24.3 Å². The first-order valence-corrected chi connectivity index (χ1v) is 17.3. The highest BCUT2D eigenvalue weighted by atomic mass is 28.3. The van der Waals surface area contributed by atoms with E-state index in [1.54, 1.807) is 0 Å². The Balaban J connectivity index is 1.64. The second-order valence-corrected chi connectivity index (χ2v) is 16.7. The molecule has 4 aromatic carbocycles. The monoisotopic (exact) mass is 557 g/mol. The van der Waals surface area contributed by atoms with Crippen molar-refractivity contribution in [2.45, 2.75) is 69.7 Å². The van der Waals surface area contributed by atoms with Crippen molar-refractivity contribution in [3.05, 3.63) is 143 Å². The Labute approximate surface area is 248 Å². The lowest BCUT2D eigenvalue weighted by molar-refractivity contribution is -0.107. The van der Waals surface area contributed by atoms with Crippen LogP contribution < -0.4 is 5.32 Å². The van der Waals surface area contributed by atoms with E-state index < -0.39 is 13.6 Å². The summed E-state index contributed by atoms with van der Waals surface area (Å²) in [6.07, 6.45) is 2.62. The number of carbonyl (C=O) groups excluding carboxylic acids is 1. The van der Waals surface area contributed by atoms with Crippen LogP contribution in [0.2, 0.25) is 17.1 Å². The second-order valence-electron chi connectivity index (χ2n) is 11.6. The van der Waals surface area contributed by atoms with Gasteiger partial charge in [-0.25, -0.2) is 0 Å². The van der Waals surface area contributed by atoms with Crippen LogP contribution in [-0.2, 0) is 16.9 Å². The van der Waals surface area contributed by atoms with Crippen LogP contribution in [0.4, 0.5) is 0 Å². The van der Waals surface area contributed by atoms with Gasteiger partial charge in [-0.15, -0.1) is 5.54 Å². The van der Waals surface area contributed by atoms with E-state index in [4.69, 9.17) is 0 Å². The van der Waals surface area contributed by atoms with Crippen molar-refractivity contribution in [2.75, 3.05) is 0 Å². The zero-order chi connectivity index (χ0) is 29.1.